The van der Waals surface area contributed by atoms with E-state index in [1.165, 1.54) is 29.2 Å². The summed E-state index contributed by atoms with van der Waals surface area (Å²) in [5, 5.41) is 6.98. The molecule has 0 unspecified atom stereocenters. The summed E-state index contributed by atoms with van der Waals surface area (Å²) in [4.78, 5) is 28.1. The number of nitrogens with one attached hydrogen (secondary N) is 2. The van der Waals surface area contributed by atoms with E-state index < -0.39 is 15.9 Å². The van der Waals surface area contributed by atoms with Crippen LogP contribution in [0.25, 0.3) is 0 Å². The van der Waals surface area contributed by atoms with Gasteiger partial charge in [0.15, 0.2) is 0 Å². The van der Waals surface area contributed by atoms with Gasteiger partial charge in [-0.25, -0.2) is 17.9 Å². The van der Waals surface area contributed by atoms with Gasteiger partial charge in [0.25, 0.3) is 10.0 Å². The first-order valence-corrected chi connectivity index (χ1v) is 12.2. The summed E-state index contributed by atoms with van der Waals surface area (Å²) in [5.41, 5.74) is 2.29. The predicted molar refractivity (Wildman–Crippen MR) is 128 cm³/mol. The van der Waals surface area contributed by atoms with Gasteiger partial charge in [0.2, 0.25) is 11.8 Å². The Hall–Kier alpha value is -3.57. The Morgan fingerprint density at radius 1 is 1.09 bits per heavy atom. The fraction of sp³-hybridized carbons (Fsp3) is 0.227. The Labute approximate surface area is 201 Å². The molecule has 178 valence electrons. The zero-order valence-corrected chi connectivity index (χ0v) is 20.0. The molecule has 0 spiro atoms. The molecule has 2 aromatic carbocycles. The molecule has 0 aliphatic carbocycles. The van der Waals surface area contributed by atoms with Gasteiger partial charge in [0.05, 0.1) is 10.6 Å². The van der Waals surface area contributed by atoms with Crippen molar-refractivity contribution in [3.05, 3.63) is 64.8 Å². The van der Waals surface area contributed by atoms with E-state index in [1.807, 2.05) is 0 Å². The third-order valence-corrected chi connectivity index (χ3v) is 7.00. The molecule has 1 saturated heterocycles. The highest BCUT2D eigenvalue weighted by Crippen LogP contribution is 2.24. The van der Waals surface area contributed by atoms with Crippen LogP contribution in [0.15, 0.2) is 57.9 Å². The van der Waals surface area contributed by atoms with Gasteiger partial charge in [-0.1, -0.05) is 16.8 Å². The third-order valence-electron chi connectivity index (χ3n) is 5.40. The van der Waals surface area contributed by atoms with Crippen LogP contribution < -0.4 is 14.9 Å². The van der Waals surface area contributed by atoms with Gasteiger partial charge in [0.1, 0.15) is 6.54 Å². The van der Waals surface area contributed by atoms with E-state index in [-0.39, 0.29) is 23.4 Å². The second kappa shape index (κ2) is 9.35. The summed E-state index contributed by atoms with van der Waals surface area (Å²) in [7, 11) is -3.89. The molecule has 10 nitrogen and oxygen atoms in total. The number of nitrogens with zero attached hydrogens (tertiary/aromatic N) is 3. The van der Waals surface area contributed by atoms with Gasteiger partial charge in [-0.3, -0.25) is 9.69 Å². The topological polar surface area (TPSA) is 125 Å². The van der Waals surface area contributed by atoms with E-state index in [2.05, 4.69) is 15.2 Å². The third kappa shape index (κ3) is 5.00. The maximum atomic E-state index is 12.7. The molecule has 3 amide bonds. The van der Waals surface area contributed by atoms with E-state index in [1.54, 1.807) is 43.0 Å². The van der Waals surface area contributed by atoms with Gasteiger partial charge >= 0.3 is 6.03 Å². The fourth-order valence-corrected chi connectivity index (χ4v) is 4.55. The molecule has 1 aliphatic rings. The minimum Gasteiger partial charge on any atom is -0.337 e. The molecule has 2 N–H and O–H groups in total. The molecule has 12 heteroatoms. The minimum atomic E-state index is -3.89. The number of amides is 3. The largest absolute Gasteiger partial charge is 0.337 e. The lowest BCUT2D eigenvalue weighted by Crippen LogP contribution is -2.37. The number of rotatable bonds is 7. The summed E-state index contributed by atoms with van der Waals surface area (Å²) >= 11 is 5.90. The molecule has 0 bridgehead atoms. The minimum absolute atomic E-state index is 0.00715. The smallest absolute Gasteiger partial charge is 0.325 e. The van der Waals surface area contributed by atoms with Crippen molar-refractivity contribution in [3.8, 4) is 0 Å². The van der Waals surface area contributed by atoms with Crippen molar-refractivity contribution in [2.45, 2.75) is 18.7 Å². The van der Waals surface area contributed by atoms with Gasteiger partial charge in [-0.05, 0) is 62.4 Å². The normalized spacial score (nSPS) is 13.9. The number of halogens is 1. The van der Waals surface area contributed by atoms with Gasteiger partial charge in [-0.2, -0.15) is 0 Å². The first-order valence-electron chi connectivity index (χ1n) is 10.3. The molecule has 0 atom stereocenters. The standard InChI is InChI=1S/C22H22ClN5O5S/c1-14-15(2)25-33-21(14)26-34(31,32)19-9-5-17(6-10-19)24-20(29)13-27-11-12-28(22(27)30)18-7-3-16(23)4-8-18/h3-10,26H,11-13H2,1-2H3,(H,24,29). The van der Waals surface area contributed by atoms with Crippen molar-refractivity contribution in [1.82, 2.24) is 10.1 Å². The van der Waals surface area contributed by atoms with Crippen LogP contribution >= 0.6 is 11.6 Å². The Morgan fingerprint density at radius 3 is 2.38 bits per heavy atom. The number of sulfonamides is 1. The van der Waals surface area contributed by atoms with Crippen LogP contribution in [-0.2, 0) is 14.8 Å². The van der Waals surface area contributed by atoms with E-state index in [0.29, 0.717) is 40.7 Å². The van der Waals surface area contributed by atoms with E-state index in [9.17, 15) is 18.0 Å². The highest BCUT2D eigenvalue weighted by atomic mass is 35.5. The zero-order chi connectivity index (χ0) is 24.5. The summed E-state index contributed by atoms with van der Waals surface area (Å²) in [6.07, 6.45) is 0. The Kier molecular flexibility index (Phi) is 6.49. The summed E-state index contributed by atoms with van der Waals surface area (Å²) in [6, 6.07) is 12.3. The molecule has 2 heterocycles. The molecule has 1 fully saturated rings. The highest BCUT2D eigenvalue weighted by molar-refractivity contribution is 7.92. The SMILES string of the molecule is Cc1noc(NS(=O)(=O)c2ccc(NC(=O)CN3CCN(c4ccc(Cl)cc4)C3=O)cc2)c1C. The maximum absolute atomic E-state index is 12.7. The summed E-state index contributed by atoms with van der Waals surface area (Å²) in [6.45, 7) is 4.13. The quantitative estimate of drug-likeness (QED) is 0.507. The van der Waals surface area contributed by atoms with Gasteiger partial charge in [-0.15, -0.1) is 0 Å². The lowest BCUT2D eigenvalue weighted by Gasteiger charge is -2.18. The molecular formula is C22H22ClN5O5S. The van der Waals surface area contributed by atoms with Crippen LogP contribution in [0.1, 0.15) is 11.3 Å². The Bertz CT molecular complexity index is 1320. The molecular weight excluding hydrogens is 482 g/mol. The van der Waals surface area contributed by atoms with Crippen molar-refractivity contribution in [2.24, 2.45) is 0 Å². The zero-order valence-electron chi connectivity index (χ0n) is 18.4. The number of carbonyl (C=O) groups excluding carboxylic acids is 2. The van der Waals surface area contributed by atoms with Gasteiger partial charge < -0.3 is 14.7 Å². The molecule has 0 radical (unpaired) electrons. The second-order valence-electron chi connectivity index (χ2n) is 7.73. The number of benzene rings is 2. The number of urea groups is 1. The average Bonchev–Trinajstić information content (AvgIpc) is 3.31. The fourth-order valence-electron chi connectivity index (χ4n) is 3.37. The van der Waals surface area contributed by atoms with Crippen LogP contribution in [0.4, 0.5) is 22.1 Å². The number of aryl methyl sites for hydroxylation is 1. The van der Waals surface area contributed by atoms with Crippen LogP contribution in [-0.4, -0.2) is 50.0 Å². The summed E-state index contributed by atoms with van der Waals surface area (Å²) in [5.74, 6) is -0.342. The molecule has 1 aromatic heterocycles. The van der Waals surface area contributed by atoms with E-state index in [0.717, 1.165) is 0 Å². The molecule has 1 aliphatic heterocycles. The summed E-state index contributed by atoms with van der Waals surface area (Å²) < 4.78 is 32.5. The van der Waals surface area contributed by atoms with Crippen molar-refractivity contribution >= 4 is 50.8 Å². The van der Waals surface area contributed by atoms with Crippen LogP contribution in [0.5, 0.6) is 0 Å². The molecule has 0 saturated carbocycles. The van der Waals surface area contributed by atoms with Crippen molar-refractivity contribution in [3.63, 3.8) is 0 Å². The first-order chi connectivity index (χ1) is 16.1. The monoisotopic (exact) mass is 503 g/mol. The number of aromatic nitrogens is 1. The van der Waals surface area contributed by atoms with Crippen molar-refractivity contribution in [1.29, 1.82) is 0 Å². The van der Waals surface area contributed by atoms with Crippen LogP contribution in [0.3, 0.4) is 0 Å². The molecule has 3 aromatic rings. The number of carbonyl (C=O) groups is 2. The van der Waals surface area contributed by atoms with Gasteiger partial charge in [0, 0.05) is 35.1 Å². The number of anilines is 3. The lowest BCUT2D eigenvalue weighted by molar-refractivity contribution is -0.116. The van der Waals surface area contributed by atoms with Crippen molar-refractivity contribution in [2.75, 3.05) is 34.6 Å². The second-order valence-corrected chi connectivity index (χ2v) is 9.85. The van der Waals surface area contributed by atoms with Crippen LogP contribution in [0.2, 0.25) is 5.02 Å². The van der Waals surface area contributed by atoms with Crippen LogP contribution in [0, 0.1) is 13.8 Å². The molecule has 4 rings (SSSR count). The maximum Gasteiger partial charge on any atom is 0.325 e. The first kappa shape index (κ1) is 23.6. The van der Waals surface area contributed by atoms with Crippen molar-refractivity contribution < 1.29 is 22.5 Å². The number of hydrogen-bond donors (Lipinski definition) is 2. The Balaban J connectivity index is 1.35. The lowest BCUT2D eigenvalue weighted by atomic mass is 10.3. The molecule has 34 heavy (non-hydrogen) atoms. The Morgan fingerprint density at radius 2 is 1.76 bits per heavy atom. The number of hydrogen-bond acceptors (Lipinski definition) is 6. The average molecular weight is 504 g/mol. The highest BCUT2D eigenvalue weighted by Gasteiger charge is 2.30. The van der Waals surface area contributed by atoms with E-state index in [4.69, 9.17) is 16.1 Å². The van der Waals surface area contributed by atoms with E-state index >= 15 is 0 Å². The predicted octanol–water partition coefficient (Wildman–Crippen LogP) is 3.63.